The zero-order valence-corrected chi connectivity index (χ0v) is 24.5. The molecule has 0 aliphatic rings. The number of carbonyl (C=O) groups excluding carboxylic acids is 2. The Kier molecular flexibility index (Phi) is 12.0. The van der Waals surface area contributed by atoms with Crippen LogP contribution in [-0.2, 0) is 32.1 Å². The number of phenolic OH excluding ortho intramolecular Hbond substituents is 1. The van der Waals surface area contributed by atoms with E-state index in [0.717, 1.165) is 5.56 Å². The first-order chi connectivity index (χ1) is 21.9. The molecule has 0 saturated carbocycles. The number of H-pyrrole nitrogens is 1. The smallest absolute Gasteiger partial charge is 0.326 e. The van der Waals surface area contributed by atoms with Crippen LogP contribution < -0.4 is 27.7 Å². The molecule has 0 saturated heterocycles. The molecule has 0 radical (unpaired) electrons. The Hall–Kier alpha value is -6.10. The second-order valence-corrected chi connectivity index (χ2v) is 9.71. The topological polar surface area (TPSA) is 286 Å². The number of carboxylic acids is 2. The van der Waals surface area contributed by atoms with E-state index in [1.165, 1.54) is 25.4 Å². The number of benzene rings is 2. The Morgan fingerprint density at radius 3 is 2.30 bits per heavy atom. The minimum atomic E-state index is -1.31. The van der Waals surface area contributed by atoms with Gasteiger partial charge in [-0.3, -0.25) is 24.2 Å². The number of anilines is 2. The number of nitrogens with one attached hydrogen (secondary N) is 3. The number of aromatic amines is 1. The van der Waals surface area contributed by atoms with Crippen LogP contribution in [0.25, 0.3) is 11.2 Å². The van der Waals surface area contributed by atoms with Crippen LogP contribution in [0.15, 0.2) is 59.5 Å². The summed E-state index contributed by atoms with van der Waals surface area (Å²) in [6, 6.07) is 10.8. The first-order valence-electron chi connectivity index (χ1n) is 13.6. The molecule has 17 heteroatoms. The summed E-state index contributed by atoms with van der Waals surface area (Å²) in [6.45, 7) is 0.231. The van der Waals surface area contributed by atoms with Gasteiger partial charge in [-0.25, -0.2) is 14.8 Å². The fourth-order valence-corrected chi connectivity index (χ4v) is 3.88. The summed E-state index contributed by atoms with van der Waals surface area (Å²) in [7, 11) is 1.30. The highest BCUT2D eigenvalue weighted by Gasteiger charge is 2.21. The quantitative estimate of drug-likeness (QED) is 0.0976. The molecule has 2 heterocycles. The fraction of sp³-hybridized carbons (Fsp3) is 0.241. The lowest BCUT2D eigenvalue weighted by atomic mass is 10.1. The zero-order valence-electron chi connectivity index (χ0n) is 24.5. The van der Waals surface area contributed by atoms with Crippen molar-refractivity contribution in [3.8, 4) is 5.75 Å². The molecule has 10 N–H and O–H groups in total. The molecule has 0 bridgehead atoms. The standard InChI is InChI=1S/C19H19N7O6.C10H13NO3/c20-19-25-15-14(17(30)26-19)23-11(8-22-15)7-21-10-3-1-9(2-4-10)16(29)24-12(18(31)32)5-6-13(27)28;1-14-10(13)9(11)6-7-2-4-8(12)5-3-7/h1-4,8,12,21H,5-7H2,(H,24,29)(H,27,28)(H,31,32)(H3,20,22,25,26,30);2-5,9,12H,6,11H2,1H3/t12-;9-/m00/s1. The maximum absolute atomic E-state index is 12.3. The second kappa shape index (κ2) is 16.1. The molecule has 17 nitrogen and oxygen atoms in total. The van der Waals surface area contributed by atoms with E-state index in [1.807, 2.05) is 0 Å². The van der Waals surface area contributed by atoms with Crippen molar-refractivity contribution >= 4 is 46.6 Å². The molecule has 1 amide bonds. The van der Waals surface area contributed by atoms with Crippen molar-refractivity contribution in [2.75, 3.05) is 18.2 Å². The predicted molar refractivity (Wildman–Crippen MR) is 164 cm³/mol. The van der Waals surface area contributed by atoms with E-state index < -0.39 is 41.5 Å². The maximum Gasteiger partial charge on any atom is 0.326 e. The number of amides is 1. The number of nitrogens with two attached hydrogens (primary N) is 2. The van der Waals surface area contributed by atoms with Crippen molar-refractivity contribution < 1.29 is 39.2 Å². The van der Waals surface area contributed by atoms with Crippen LogP contribution in [0.5, 0.6) is 5.75 Å². The minimum Gasteiger partial charge on any atom is -0.508 e. The van der Waals surface area contributed by atoms with Crippen LogP contribution in [0.1, 0.15) is 34.5 Å². The van der Waals surface area contributed by atoms with E-state index in [1.54, 1.807) is 36.4 Å². The summed E-state index contributed by atoms with van der Waals surface area (Å²) < 4.78 is 4.49. The Bertz CT molecular complexity index is 1740. The van der Waals surface area contributed by atoms with Gasteiger partial charge in [0, 0.05) is 17.7 Å². The monoisotopic (exact) mass is 636 g/mol. The lowest BCUT2D eigenvalue weighted by molar-refractivity contribution is -0.142. The van der Waals surface area contributed by atoms with Gasteiger partial charge in [-0.15, -0.1) is 0 Å². The van der Waals surface area contributed by atoms with Gasteiger partial charge in [-0.05, 0) is 54.8 Å². The summed E-state index contributed by atoms with van der Waals surface area (Å²) in [4.78, 5) is 71.5. The van der Waals surface area contributed by atoms with Crippen LogP contribution in [0.3, 0.4) is 0 Å². The van der Waals surface area contributed by atoms with Gasteiger partial charge in [0.05, 0.1) is 25.5 Å². The number of methoxy groups -OCH3 is 1. The number of ether oxygens (including phenoxy) is 1. The van der Waals surface area contributed by atoms with E-state index >= 15 is 0 Å². The molecular weight excluding hydrogens is 604 g/mol. The number of hydrogen-bond donors (Lipinski definition) is 8. The highest BCUT2D eigenvalue weighted by atomic mass is 16.5. The largest absolute Gasteiger partial charge is 0.508 e. The third-order valence-corrected chi connectivity index (χ3v) is 6.25. The van der Waals surface area contributed by atoms with E-state index in [9.17, 15) is 24.0 Å². The Labute approximate surface area is 260 Å². The summed E-state index contributed by atoms with van der Waals surface area (Å²) in [6.07, 6.45) is 1.25. The van der Waals surface area contributed by atoms with Crippen LogP contribution in [-0.4, -0.2) is 78.3 Å². The third-order valence-electron chi connectivity index (χ3n) is 6.25. The molecule has 0 fully saturated rings. The highest BCUT2D eigenvalue weighted by molar-refractivity contribution is 5.97. The third kappa shape index (κ3) is 10.3. The van der Waals surface area contributed by atoms with Crippen molar-refractivity contribution in [3.63, 3.8) is 0 Å². The number of nitrogens with zero attached hydrogens (tertiary/aromatic N) is 3. The Morgan fingerprint density at radius 2 is 1.70 bits per heavy atom. The molecule has 0 unspecified atom stereocenters. The van der Waals surface area contributed by atoms with Crippen molar-refractivity contribution in [2.45, 2.75) is 37.9 Å². The number of phenols is 1. The van der Waals surface area contributed by atoms with E-state index in [-0.39, 0.29) is 47.8 Å². The number of fused-ring (bicyclic) bond motifs is 1. The van der Waals surface area contributed by atoms with Gasteiger partial charge in [0.1, 0.15) is 17.8 Å². The molecule has 4 aromatic rings. The second-order valence-electron chi connectivity index (χ2n) is 9.71. The van der Waals surface area contributed by atoms with Gasteiger partial charge in [-0.1, -0.05) is 12.1 Å². The van der Waals surface area contributed by atoms with Crippen molar-refractivity contribution in [2.24, 2.45) is 5.73 Å². The first-order valence-corrected chi connectivity index (χ1v) is 13.6. The first kappa shape index (κ1) is 34.4. The Balaban J connectivity index is 0.000000344. The summed E-state index contributed by atoms with van der Waals surface area (Å²) in [5, 5.41) is 32.2. The van der Waals surface area contributed by atoms with E-state index in [2.05, 4.69) is 35.3 Å². The number of esters is 1. The van der Waals surface area contributed by atoms with E-state index in [4.69, 9.17) is 26.8 Å². The average Bonchev–Trinajstić information content (AvgIpc) is 3.03. The van der Waals surface area contributed by atoms with Gasteiger partial charge < -0.3 is 42.2 Å². The lowest BCUT2D eigenvalue weighted by Gasteiger charge is -2.14. The van der Waals surface area contributed by atoms with Crippen LogP contribution in [0.2, 0.25) is 0 Å². The van der Waals surface area contributed by atoms with Crippen molar-refractivity contribution in [1.29, 1.82) is 0 Å². The van der Waals surface area contributed by atoms with Gasteiger partial charge >= 0.3 is 17.9 Å². The van der Waals surface area contributed by atoms with Gasteiger partial charge in [-0.2, -0.15) is 4.98 Å². The van der Waals surface area contributed by atoms with Gasteiger partial charge in [0.2, 0.25) is 5.95 Å². The van der Waals surface area contributed by atoms with E-state index in [0.29, 0.717) is 17.8 Å². The van der Waals surface area contributed by atoms with Crippen LogP contribution in [0, 0.1) is 0 Å². The number of nitrogen functional groups attached to an aromatic ring is 1. The minimum absolute atomic E-state index is 0.0524. The Morgan fingerprint density at radius 1 is 1.02 bits per heavy atom. The zero-order chi connectivity index (χ0) is 33.8. The molecule has 0 aliphatic heterocycles. The molecule has 2 atom stereocenters. The number of aromatic hydroxyl groups is 1. The molecule has 2 aromatic heterocycles. The molecule has 2 aromatic carbocycles. The van der Waals surface area contributed by atoms with Gasteiger partial charge in [0.25, 0.3) is 11.5 Å². The van der Waals surface area contributed by atoms with Crippen LogP contribution in [0.4, 0.5) is 11.6 Å². The fourth-order valence-electron chi connectivity index (χ4n) is 3.88. The molecule has 46 heavy (non-hydrogen) atoms. The summed E-state index contributed by atoms with van der Waals surface area (Å²) in [5.41, 5.74) is 12.9. The van der Waals surface area contributed by atoms with Crippen molar-refractivity contribution in [3.05, 3.63) is 81.9 Å². The molecule has 0 spiro atoms. The number of hydrogen-bond acceptors (Lipinski definition) is 13. The normalized spacial score (nSPS) is 11.8. The molecular formula is C29H32N8O9. The molecule has 242 valence electrons. The number of aliphatic carboxylic acids is 2. The van der Waals surface area contributed by atoms with Crippen LogP contribution >= 0.6 is 0 Å². The highest BCUT2D eigenvalue weighted by Crippen LogP contribution is 2.13. The predicted octanol–water partition coefficient (Wildman–Crippen LogP) is 0.390. The molecule has 0 aliphatic carbocycles. The lowest BCUT2D eigenvalue weighted by Crippen LogP contribution is -2.41. The summed E-state index contributed by atoms with van der Waals surface area (Å²) >= 11 is 0. The maximum atomic E-state index is 12.3. The van der Waals surface area contributed by atoms with Crippen molar-refractivity contribution in [1.82, 2.24) is 25.3 Å². The van der Waals surface area contributed by atoms with Gasteiger partial charge in [0.15, 0.2) is 11.2 Å². The average molecular weight is 637 g/mol. The number of carboxylic acid groups (broad SMARTS) is 2. The number of rotatable bonds is 12. The number of carbonyl (C=O) groups is 4. The SMILES string of the molecule is COC(=O)[C@@H](N)Cc1ccc(O)cc1.Nc1nc2ncc(CNc3ccc(C(=O)N[C@@H](CCC(=O)O)C(=O)O)cc3)nc2c(=O)[nH]1. The molecule has 4 rings (SSSR count). The summed E-state index contributed by atoms with van der Waals surface area (Å²) in [5.74, 6) is -3.39. The number of aromatic nitrogens is 4.